The maximum absolute atomic E-state index is 11.3. The van der Waals surface area contributed by atoms with Gasteiger partial charge in [0.1, 0.15) is 0 Å². The lowest BCUT2D eigenvalue weighted by atomic mass is 10.0. The number of halogens is 1. The molecule has 5 heteroatoms. The van der Waals surface area contributed by atoms with Crippen molar-refractivity contribution in [1.82, 2.24) is 5.32 Å². The van der Waals surface area contributed by atoms with Gasteiger partial charge in [-0.05, 0) is 44.1 Å². The molecule has 18 heavy (non-hydrogen) atoms. The highest BCUT2D eigenvalue weighted by Gasteiger charge is 2.22. The van der Waals surface area contributed by atoms with Gasteiger partial charge in [0.05, 0.1) is 11.3 Å². The first kappa shape index (κ1) is 13.2. The highest BCUT2D eigenvalue weighted by molar-refractivity contribution is 6.31. The van der Waals surface area contributed by atoms with Crippen molar-refractivity contribution in [3.63, 3.8) is 0 Å². The number of nitrogens with zero attached hydrogens (tertiary/aromatic N) is 1. The van der Waals surface area contributed by atoms with E-state index >= 15 is 0 Å². The first-order valence-electron chi connectivity index (χ1n) is 6.06. The minimum atomic E-state index is -0.937. The minimum Gasteiger partial charge on any atom is -0.478 e. The Bertz CT molecular complexity index is 445. The summed E-state index contributed by atoms with van der Waals surface area (Å²) in [6, 6.07) is 5.41. The van der Waals surface area contributed by atoms with Gasteiger partial charge < -0.3 is 15.3 Å². The number of anilines is 1. The molecule has 1 saturated heterocycles. The van der Waals surface area contributed by atoms with Crippen LogP contribution in [0.2, 0.25) is 5.02 Å². The van der Waals surface area contributed by atoms with Crippen LogP contribution in [0.25, 0.3) is 0 Å². The van der Waals surface area contributed by atoms with Gasteiger partial charge >= 0.3 is 5.97 Å². The van der Waals surface area contributed by atoms with Crippen LogP contribution in [-0.4, -0.2) is 37.3 Å². The van der Waals surface area contributed by atoms with E-state index in [0.717, 1.165) is 31.6 Å². The summed E-state index contributed by atoms with van der Waals surface area (Å²) in [5.74, 6) is -0.937. The number of carboxylic acids is 1. The number of carbonyl (C=O) groups is 1. The Kier molecular flexibility index (Phi) is 4.09. The lowest BCUT2D eigenvalue weighted by Gasteiger charge is -2.34. The SMILES string of the molecule is CN(c1ccc(Cl)cc1C(=O)O)C1CCNCC1. The predicted octanol–water partition coefficient (Wildman–Crippen LogP) is 2.23. The fraction of sp³-hybridized carbons (Fsp3) is 0.462. The van der Waals surface area contributed by atoms with Crippen LogP contribution in [0.4, 0.5) is 5.69 Å². The van der Waals surface area contributed by atoms with E-state index in [9.17, 15) is 9.90 Å². The molecule has 0 aromatic heterocycles. The van der Waals surface area contributed by atoms with E-state index in [2.05, 4.69) is 10.2 Å². The number of piperidine rings is 1. The molecule has 1 aliphatic rings. The molecule has 0 bridgehead atoms. The normalized spacial score (nSPS) is 16.6. The van der Waals surface area contributed by atoms with Crippen LogP contribution in [0.5, 0.6) is 0 Å². The van der Waals surface area contributed by atoms with E-state index in [1.165, 1.54) is 6.07 Å². The predicted molar refractivity (Wildman–Crippen MR) is 72.7 cm³/mol. The van der Waals surface area contributed by atoms with Crippen LogP contribution in [0.3, 0.4) is 0 Å². The summed E-state index contributed by atoms with van der Waals surface area (Å²) in [7, 11) is 1.95. The molecule has 1 fully saturated rings. The molecular formula is C13H17ClN2O2. The molecule has 98 valence electrons. The van der Waals surface area contributed by atoms with Crippen molar-refractivity contribution in [2.24, 2.45) is 0 Å². The van der Waals surface area contributed by atoms with Crippen LogP contribution in [0, 0.1) is 0 Å². The summed E-state index contributed by atoms with van der Waals surface area (Å²) in [5.41, 5.74) is 1.00. The van der Waals surface area contributed by atoms with Crippen LogP contribution >= 0.6 is 11.6 Å². The lowest BCUT2D eigenvalue weighted by Crippen LogP contribution is -2.41. The molecular weight excluding hydrogens is 252 g/mol. The summed E-state index contributed by atoms with van der Waals surface area (Å²) < 4.78 is 0. The molecule has 0 unspecified atom stereocenters. The van der Waals surface area contributed by atoms with Crippen molar-refractivity contribution >= 4 is 23.3 Å². The number of nitrogens with one attached hydrogen (secondary N) is 1. The smallest absolute Gasteiger partial charge is 0.337 e. The molecule has 1 heterocycles. The van der Waals surface area contributed by atoms with E-state index in [1.54, 1.807) is 12.1 Å². The lowest BCUT2D eigenvalue weighted by molar-refractivity contribution is 0.0697. The Morgan fingerprint density at radius 3 is 2.72 bits per heavy atom. The Morgan fingerprint density at radius 1 is 1.44 bits per heavy atom. The molecule has 1 aromatic rings. The van der Waals surface area contributed by atoms with Crippen molar-refractivity contribution in [2.45, 2.75) is 18.9 Å². The number of aromatic carboxylic acids is 1. The average Bonchev–Trinajstić information content (AvgIpc) is 2.39. The second-order valence-corrected chi connectivity index (χ2v) is 5.00. The number of rotatable bonds is 3. The van der Waals surface area contributed by atoms with Gasteiger partial charge in [0.25, 0.3) is 0 Å². The Balaban J connectivity index is 2.28. The van der Waals surface area contributed by atoms with Crippen LogP contribution < -0.4 is 10.2 Å². The Labute approximate surface area is 112 Å². The standard InChI is InChI=1S/C13H17ClN2O2/c1-16(10-4-6-15-7-5-10)12-3-2-9(14)8-11(12)13(17)18/h2-3,8,10,15H,4-7H2,1H3,(H,17,18). The molecule has 0 amide bonds. The van der Waals surface area contributed by atoms with Crippen LogP contribution in [-0.2, 0) is 0 Å². The summed E-state index contributed by atoms with van der Waals surface area (Å²) in [5, 5.41) is 13.0. The van der Waals surface area contributed by atoms with Gasteiger partial charge in [0, 0.05) is 18.1 Å². The highest BCUT2D eigenvalue weighted by atomic mass is 35.5. The fourth-order valence-electron chi connectivity index (χ4n) is 2.38. The van der Waals surface area contributed by atoms with Crippen molar-refractivity contribution in [1.29, 1.82) is 0 Å². The van der Waals surface area contributed by atoms with Crippen molar-refractivity contribution in [3.8, 4) is 0 Å². The quantitative estimate of drug-likeness (QED) is 0.883. The summed E-state index contributed by atoms with van der Waals surface area (Å²) >= 11 is 5.86. The zero-order valence-electron chi connectivity index (χ0n) is 10.3. The van der Waals surface area contributed by atoms with Gasteiger partial charge in [-0.3, -0.25) is 0 Å². The average molecular weight is 269 g/mol. The van der Waals surface area contributed by atoms with Crippen molar-refractivity contribution in [3.05, 3.63) is 28.8 Å². The largest absolute Gasteiger partial charge is 0.478 e. The molecule has 1 aromatic carbocycles. The first-order valence-corrected chi connectivity index (χ1v) is 6.44. The van der Waals surface area contributed by atoms with E-state index in [-0.39, 0.29) is 5.56 Å². The molecule has 2 rings (SSSR count). The highest BCUT2D eigenvalue weighted by Crippen LogP contribution is 2.27. The van der Waals surface area contributed by atoms with E-state index in [0.29, 0.717) is 11.1 Å². The molecule has 4 nitrogen and oxygen atoms in total. The molecule has 0 radical (unpaired) electrons. The van der Waals surface area contributed by atoms with Gasteiger partial charge in [-0.2, -0.15) is 0 Å². The van der Waals surface area contributed by atoms with E-state index in [4.69, 9.17) is 11.6 Å². The molecule has 0 atom stereocenters. The first-order chi connectivity index (χ1) is 8.59. The molecule has 1 aliphatic heterocycles. The zero-order chi connectivity index (χ0) is 13.1. The Morgan fingerprint density at radius 2 is 2.11 bits per heavy atom. The van der Waals surface area contributed by atoms with Gasteiger partial charge in [-0.15, -0.1) is 0 Å². The van der Waals surface area contributed by atoms with Gasteiger partial charge in [-0.1, -0.05) is 11.6 Å². The van der Waals surface area contributed by atoms with Crippen molar-refractivity contribution < 1.29 is 9.90 Å². The zero-order valence-corrected chi connectivity index (χ0v) is 11.1. The van der Waals surface area contributed by atoms with E-state index in [1.807, 2.05) is 7.05 Å². The third-order valence-corrected chi connectivity index (χ3v) is 3.66. The second-order valence-electron chi connectivity index (χ2n) is 4.56. The van der Waals surface area contributed by atoms with Gasteiger partial charge in [0.2, 0.25) is 0 Å². The maximum atomic E-state index is 11.3. The minimum absolute atomic E-state index is 0.267. The molecule has 2 N–H and O–H groups in total. The Hall–Kier alpha value is -1.26. The third-order valence-electron chi connectivity index (χ3n) is 3.43. The summed E-state index contributed by atoms with van der Waals surface area (Å²) in [6.45, 7) is 1.95. The van der Waals surface area contributed by atoms with Crippen molar-refractivity contribution in [2.75, 3.05) is 25.0 Å². The van der Waals surface area contributed by atoms with Gasteiger partial charge in [0.15, 0.2) is 0 Å². The number of hydrogen-bond donors (Lipinski definition) is 2. The number of carboxylic acid groups (broad SMARTS) is 1. The molecule has 0 saturated carbocycles. The molecule has 0 spiro atoms. The summed E-state index contributed by atoms with van der Waals surface area (Å²) in [6.07, 6.45) is 2.05. The van der Waals surface area contributed by atoms with E-state index < -0.39 is 5.97 Å². The third kappa shape index (κ3) is 2.76. The topological polar surface area (TPSA) is 52.6 Å². The summed E-state index contributed by atoms with van der Waals surface area (Å²) in [4.78, 5) is 13.3. The number of hydrogen-bond acceptors (Lipinski definition) is 3. The van der Waals surface area contributed by atoms with Gasteiger partial charge in [-0.25, -0.2) is 4.79 Å². The maximum Gasteiger partial charge on any atom is 0.337 e. The monoisotopic (exact) mass is 268 g/mol. The number of benzene rings is 1. The fourth-order valence-corrected chi connectivity index (χ4v) is 2.55. The second kappa shape index (κ2) is 5.59. The van der Waals surface area contributed by atoms with Crippen LogP contribution in [0.15, 0.2) is 18.2 Å². The van der Waals surface area contributed by atoms with Crippen LogP contribution in [0.1, 0.15) is 23.2 Å². The molecule has 0 aliphatic carbocycles.